The van der Waals surface area contributed by atoms with Crippen molar-refractivity contribution in [1.82, 2.24) is 4.90 Å². The van der Waals surface area contributed by atoms with E-state index in [2.05, 4.69) is 0 Å². The second-order valence-corrected chi connectivity index (χ2v) is 7.98. The van der Waals surface area contributed by atoms with Crippen LogP contribution in [0.4, 0.5) is 0 Å². The Morgan fingerprint density at radius 1 is 1.00 bits per heavy atom. The zero-order valence-corrected chi connectivity index (χ0v) is 16.7. The number of carbonyl (C=O) groups is 1. The van der Waals surface area contributed by atoms with Gasteiger partial charge in [-0.2, -0.15) is 0 Å². The Morgan fingerprint density at radius 3 is 2.24 bits per heavy atom. The van der Waals surface area contributed by atoms with E-state index in [4.69, 9.17) is 14.2 Å². The van der Waals surface area contributed by atoms with Crippen LogP contribution in [-0.2, 0) is 32.2 Å². The molecule has 0 saturated carbocycles. The van der Waals surface area contributed by atoms with Crippen LogP contribution in [0.15, 0.2) is 60.7 Å². The van der Waals surface area contributed by atoms with E-state index < -0.39 is 24.1 Å². The average molecular weight is 397 g/mol. The summed E-state index contributed by atoms with van der Waals surface area (Å²) >= 11 is 0. The van der Waals surface area contributed by atoms with Gasteiger partial charge in [-0.3, -0.25) is 4.79 Å². The molecule has 1 amide bonds. The molecule has 154 valence electrons. The molecule has 2 aliphatic heterocycles. The average Bonchev–Trinajstić information content (AvgIpc) is 3.04. The second-order valence-electron chi connectivity index (χ2n) is 7.98. The topological polar surface area (TPSA) is 68.2 Å². The summed E-state index contributed by atoms with van der Waals surface area (Å²) in [6.07, 6.45) is -1.60. The molecule has 6 heteroatoms. The van der Waals surface area contributed by atoms with E-state index in [1.165, 1.54) is 0 Å². The lowest BCUT2D eigenvalue weighted by atomic mass is 9.89. The van der Waals surface area contributed by atoms with Crippen molar-refractivity contribution in [3.05, 3.63) is 71.8 Å². The van der Waals surface area contributed by atoms with Crippen molar-refractivity contribution in [1.29, 1.82) is 0 Å². The van der Waals surface area contributed by atoms with Crippen molar-refractivity contribution in [3.8, 4) is 0 Å². The maximum absolute atomic E-state index is 13.0. The lowest BCUT2D eigenvalue weighted by Crippen LogP contribution is -2.70. The summed E-state index contributed by atoms with van der Waals surface area (Å²) in [6, 6.07) is 19.3. The fourth-order valence-electron chi connectivity index (χ4n) is 4.07. The monoisotopic (exact) mass is 397 g/mol. The summed E-state index contributed by atoms with van der Waals surface area (Å²) in [6.45, 7) is 4.26. The Kier molecular flexibility index (Phi) is 5.69. The number of aliphatic hydroxyl groups is 1. The number of nitrogens with zero attached hydrogens (tertiary/aromatic N) is 1. The molecule has 0 spiro atoms. The number of hydrogen-bond donors (Lipinski definition) is 1. The summed E-state index contributed by atoms with van der Waals surface area (Å²) in [4.78, 5) is 14.7. The molecular weight excluding hydrogens is 370 g/mol. The minimum Gasteiger partial charge on any atom is -0.394 e. The van der Waals surface area contributed by atoms with Crippen molar-refractivity contribution in [3.63, 3.8) is 0 Å². The smallest absolute Gasteiger partial charge is 0.254 e. The predicted octanol–water partition coefficient (Wildman–Crippen LogP) is 2.50. The first-order valence-corrected chi connectivity index (χ1v) is 9.95. The molecule has 2 saturated heterocycles. The lowest BCUT2D eigenvalue weighted by molar-refractivity contribution is -0.199. The van der Waals surface area contributed by atoms with Gasteiger partial charge in [-0.1, -0.05) is 60.7 Å². The maximum atomic E-state index is 13.0. The SMILES string of the molecule is CC1(C)O[C@@H]([C@H]2[C@@H](OCc3ccccc3)C(=O)N2Cc2ccccc2)[C@H](CO)O1. The predicted molar refractivity (Wildman–Crippen MR) is 107 cm³/mol. The molecule has 4 atom stereocenters. The molecule has 29 heavy (non-hydrogen) atoms. The van der Waals surface area contributed by atoms with Gasteiger partial charge in [0, 0.05) is 6.54 Å². The van der Waals surface area contributed by atoms with Gasteiger partial charge in [0.05, 0.1) is 19.3 Å². The maximum Gasteiger partial charge on any atom is 0.254 e. The largest absolute Gasteiger partial charge is 0.394 e. The van der Waals surface area contributed by atoms with Gasteiger partial charge < -0.3 is 24.2 Å². The van der Waals surface area contributed by atoms with Crippen LogP contribution in [0.5, 0.6) is 0 Å². The molecule has 2 fully saturated rings. The van der Waals surface area contributed by atoms with Gasteiger partial charge in [-0.05, 0) is 25.0 Å². The zero-order chi connectivity index (χ0) is 20.4. The Hall–Kier alpha value is -2.25. The van der Waals surface area contributed by atoms with Gasteiger partial charge in [-0.25, -0.2) is 0 Å². The van der Waals surface area contributed by atoms with Gasteiger partial charge in [0.25, 0.3) is 5.91 Å². The summed E-state index contributed by atoms with van der Waals surface area (Å²) in [5, 5.41) is 9.82. The number of amides is 1. The summed E-state index contributed by atoms with van der Waals surface area (Å²) < 4.78 is 18.0. The van der Waals surface area contributed by atoms with Gasteiger partial charge >= 0.3 is 0 Å². The van der Waals surface area contributed by atoms with Gasteiger partial charge in [-0.15, -0.1) is 0 Å². The number of rotatable bonds is 7. The number of aliphatic hydroxyl groups excluding tert-OH is 1. The first kappa shape index (κ1) is 20.0. The van der Waals surface area contributed by atoms with Gasteiger partial charge in [0.15, 0.2) is 11.9 Å². The number of benzene rings is 2. The third-order valence-electron chi connectivity index (χ3n) is 5.40. The standard InChI is InChI=1S/C23H27NO5/c1-23(2)28-18(14-25)20(29-23)19-21(27-15-17-11-7-4-8-12-17)22(26)24(19)13-16-9-5-3-6-10-16/h3-12,18-21,25H,13-15H2,1-2H3/t18-,19-,20+,21+/m0/s1. The van der Waals surface area contributed by atoms with Crippen LogP contribution in [0.2, 0.25) is 0 Å². The number of ether oxygens (including phenoxy) is 3. The van der Waals surface area contributed by atoms with E-state index >= 15 is 0 Å². The quantitative estimate of drug-likeness (QED) is 0.727. The highest BCUT2D eigenvalue weighted by atomic mass is 16.8. The van der Waals surface area contributed by atoms with Gasteiger partial charge in [0.2, 0.25) is 0 Å². The van der Waals surface area contributed by atoms with E-state index in [1.807, 2.05) is 74.5 Å². The summed E-state index contributed by atoms with van der Waals surface area (Å²) in [5.74, 6) is -0.890. The summed E-state index contributed by atoms with van der Waals surface area (Å²) in [5.41, 5.74) is 2.04. The van der Waals surface area contributed by atoms with Crippen molar-refractivity contribution in [2.24, 2.45) is 0 Å². The minimum absolute atomic E-state index is 0.0696. The van der Waals surface area contributed by atoms with E-state index in [9.17, 15) is 9.90 Å². The molecule has 2 aromatic carbocycles. The molecule has 0 aromatic heterocycles. The van der Waals surface area contributed by atoms with Crippen molar-refractivity contribution < 1.29 is 24.1 Å². The molecule has 2 aromatic rings. The second kappa shape index (κ2) is 8.24. The minimum atomic E-state index is -0.820. The molecule has 4 rings (SSSR count). The highest BCUT2D eigenvalue weighted by molar-refractivity contribution is 5.88. The Labute approximate surface area is 171 Å². The van der Waals surface area contributed by atoms with Crippen LogP contribution in [0.3, 0.4) is 0 Å². The van der Waals surface area contributed by atoms with Crippen LogP contribution < -0.4 is 0 Å². The molecular formula is C23H27NO5. The van der Waals surface area contributed by atoms with Crippen LogP contribution in [0, 0.1) is 0 Å². The van der Waals surface area contributed by atoms with Crippen molar-refractivity contribution in [2.75, 3.05) is 6.61 Å². The van der Waals surface area contributed by atoms with Crippen molar-refractivity contribution >= 4 is 5.91 Å². The van der Waals surface area contributed by atoms with Crippen LogP contribution in [0.25, 0.3) is 0 Å². The fraction of sp³-hybridized carbons (Fsp3) is 0.435. The van der Waals surface area contributed by atoms with E-state index in [1.54, 1.807) is 4.90 Å². The Bertz CT molecular complexity index is 826. The van der Waals surface area contributed by atoms with Crippen molar-refractivity contribution in [2.45, 2.75) is 57.1 Å². The molecule has 0 aliphatic carbocycles. The van der Waals surface area contributed by atoms with Gasteiger partial charge in [0.1, 0.15) is 12.2 Å². The van der Waals surface area contributed by atoms with E-state index in [-0.39, 0.29) is 18.6 Å². The number of carbonyl (C=O) groups excluding carboxylic acids is 1. The molecule has 2 heterocycles. The lowest BCUT2D eigenvalue weighted by Gasteiger charge is -2.49. The highest BCUT2D eigenvalue weighted by Gasteiger charge is 2.58. The van der Waals surface area contributed by atoms with Crippen LogP contribution >= 0.6 is 0 Å². The Balaban J connectivity index is 1.54. The molecule has 0 radical (unpaired) electrons. The van der Waals surface area contributed by atoms with E-state index in [0.717, 1.165) is 11.1 Å². The van der Waals surface area contributed by atoms with E-state index in [0.29, 0.717) is 13.2 Å². The van der Waals surface area contributed by atoms with Crippen LogP contribution in [0.1, 0.15) is 25.0 Å². The number of β-lactam (4-membered cyclic amide) rings is 1. The zero-order valence-electron chi connectivity index (χ0n) is 16.7. The number of likely N-dealkylation sites (tertiary alicyclic amines) is 1. The van der Waals surface area contributed by atoms with Crippen LogP contribution in [-0.4, -0.2) is 52.7 Å². The Morgan fingerprint density at radius 2 is 1.62 bits per heavy atom. The fourth-order valence-corrected chi connectivity index (χ4v) is 4.07. The molecule has 6 nitrogen and oxygen atoms in total. The third kappa shape index (κ3) is 4.21. The first-order chi connectivity index (χ1) is 14.0. The molecule has 0 unspecified atom stereocenters. The molecule has 1 N–H and O–H groups in total. The normalized spacial score (nSPS) is 28.4. The molecule has 0 bridgehead atoms. The number of hydrogen-bond acceptors (Lipinski definition) is 5. The summed E-state index contributed by atoms with van der Waals surface area (Å²) in [7, 11) is 0. The third-order valence-corrected chi connectivity index (χ3v) is 5.40. The highest BCUT2D eigenvalue weighted by Crippen LogP contribution is 2.38. The first-order valence-electron chi connectivity index (χ1n) is 9.95. The molecule has 2 aliphatic rings.